The fourth-order valence-electron chi connectivity index (χ4n) is 5.69. The molecule has 2 amide bonds. The van der Waals surface area contributed by atoms with Gasteiger partial charge >= 0.3 is 5.97 Å². The molecule has 4 aliphatic heterocycles. The summed E-state index contributed by atoms with van der Waals surface area (Å²) < 4.78 is 4.54. The minimum absolute atomic E-state index is 0.0322. The topological polar surface area (TPSA) is 87.2 Å². The summed E-state index contributed by atoms with van der Waals surface area (Å²) in [5.41, 5.74) is 0. The second kappa shape index (κ2) is 9.21. The van der Waals surface area contributed by atoms with Crippen molar-refractivity contribution in [1.29, 1.82) is 0 Å². The van der Waals surface area contributed by atoms with Crippen LogP contribution in [0.15, 0.2) is 24.3 Å². The molecule has 1 N–H and O–H groups in total. The molecule has 4 heterocycles. The maximum atomic E-state index is 14.0. The Morgan fingerprint density at radius 1 is 1.22 bits per heavy atom. The molecule has 0 aromatic rings. The highest BCUT2D eigenvalue weighted by atomic mass is 32.2. The summed E-state index contributed by atoms with van der Waals surface area (Å²) in [5.74, 6) is -2.02. The van der Waals surface area contributed by atoms with Crippen LogP contribution in [0.1, 0.15) is 40.0 Å². The van der Waals surface area contributed by atoms with Gasteiger partial charge in [0.25, 0.3) is 0 Å². The van der Waals surface area contributed by atoms with Crippen molar-refractivity contribution in [3.05, 3.63) is 24.3 Å². The molecule has 176 valence electrons. The minimum Gasteiger partial charge on any atom is -0.461 e. The van der Waals surface area contributed by atoms with Crippen LogP contribution < -0.4 is 0 Å². The first-order valence-corrected chi connectivity index (χ1v) is 12.7. The summed E-state index contributed by atoms with van der Waals surface area (Å²) in [5, 5.41) is 10.00. The van der Waals surface area contributed by atoms with Crippen molar-refractivity contribution in [1.82, 2.24) is 9.80 Å². The maximum Gasteiger partial charge on any atom is 0.311 e. The van der Waals surface area contributed by atoms with Crippen LogP contribution in [0.5, 0.6) is 0 Å². The van der Waals surface area contributed by atoms with Crippen molar-refractivity contribution >= 4 is 29.5 Å². The van der Waals surface area contributed by atoms with Gasteiger partial charge in [0.05, 0.1) is 29.2 Å². The van der Waals surface area contributed by atoms with E-state index in [1.54, 1.807) is 16.7 Å². The SMILES string of the molecule is CCCCCN1CC=C[C@]23S[C@@H]4C=CCOC(=O)[C@@H]4[C@H]2C(=O)N([C@@H](CO)C(C)C)C3C1=O. The van der Waals surface area contributed by atoms with Crippen molar-refractivity contribution in [2.24, 2.45) is 17.8 Å². The summed E-state index contributed by atoms with van der Waals surface area (Å²) in [6.45, 7) is 7.14. The molecule has 0 aromatic heterocycles. The molecule has 0 aromatic carbocycles. The number of hydrogen-bond acceptors (Lipinski definition) is 6. The number of carbonyl (C=O) groups excluding carboxylic acids is 3. The fraction of sp³-hybridized carbons (Fsp3) is 0.708. The number of aliphatic hydroxyl groups is 1. The van der Waals surface area contributed by atoms with E-state index < -0.39 is 28.7 Å². The van der Waals surface area contributed by atoms with Crippen LogP contribution in [-0.2, 0) is 19.1 Å². The average molecular weight is 463 g/mol. The van der Waals surface area contributed by atoms with Gasteiger partial charge < -0.3 is 19.6 Å². The Labute approximate surface area is 194 Å². The number of unbranched alkanes of at least 4 members (excludes halogenated alkanes) is 2. The van der Waals surface area contributed by atoms with Gasteiger partial charge in [0, 0.05) is 18.3 Å². The van der Waals surface area contributed by atoms with E-state index in [1.165, 1.54) is 0 Å². The lowest BCUT2D eigenvalue weighted by Gasteiger charge is -2.39. The number of esters is 1. The molecule has 0 saturated carbocycles. The van der Waals surface area contributed by atoms with E-state index in [9.17, 15) is 19.5 Å². The Morgan fingerprint density at radius 3 is 2.69 bits per heavy atom. The first-order chi connectivity index (χ1) is 15.4. The van der Waals surface area contributed by atoms with Gasteiger partial charge in [-0.2, -0.15) is 0 Å². The monoisotopic (exact) mass is 462 g/mol. The molecular weight excluding hydrogens is 428 g/mol. The standard InChI is InChI=1S/C24H34N2O5S/c1-4-5-6-11-25-12-8-10-24-19(18-17(32-24)9-7-13-31-23(18)30)21(28)26(20(24)22(25)29)16(14-27)15(2)3/h7-10,15-20,27H,4-6,11-14H2,1-3H3/t16-,17+,18-,19-,20?,24-/m0/s1. The molecule has 6 atom stereocenters. The molecule has 0 aliphatic carbocycles. The van der Waals surface area contributed by atoms with Crippen molar-refractivity contribution < 1.29 is 24.2 Å². The molecule has 0 radical (unpaired) electrons. The van der Waals surface area contributed by atoms with Crippen LogP contribution in [0.2, 0.25) is 0 Å². The van der Waals surface area contributed by atoms with E-state index in [-0.39, 0.29) is 42.2 Å². The van der Waals surface area contributed by atoms with Crippen LogP contribution in [0, 0.1) is 17.8 Å². The smallest absolute Gasteiger partial charge is 0.311 e. The van der Waals surface area contributed by atoms with Gasteiger partial charge in [0.1, 0.15) is 12.6 Å². The number of nitrogens with zero attached hydrogens (tertiary/aromatic N) is 2. The molecule has 7 nitrogen and oxygen atoms in total. The van der Waals surface area contributed by atoms with Gasteiger partial charge in [0.2, 0.25) is 11.8 Å². The molecular formula is C24H34N2O5S. The second-order valence-electron chi connectivity index (χ2n) is 9.53. The Morgan fingerprint density at radius 2 is 2.00 bits per heavy atom. The maximum absolute atomic E-state index is 14.0. The van der Waals surface area contributed by atoms with Crippen LogP contribution in [0.25, 0.3) is 0 Å². The lowest BCUT2D eigenvalue weighted by molar-refractivity contribution is -0.152. The zero-order chi connectivity index (χ0) is 23.0. The summed E-state index contributed by atoms with van der Waals surface area (Å²) in [6, 6.07) is -1.22. The molecule has 1 unspecified atom stereocenters. The first-order valence-electron chi connectivity index (χ1n) is 11.8. The zero-order valence-corrected chi connectivity index (χ0v) is 19.9. The number of aliphatic hydroxyl groups excluding tert-OH is 1. The number of likely N-dealkylation sites (tertiary alicyclic amines) is 1. The Balaban J connectivity index is 1.80. The number of hydrogen-bond donors (Lipinski definition) is 1. The van der Waals surface area contributed by atoms with E-state index in [2.05, 4.69) is 6.92 Å². The normalized spacial score (nSPS) is 34.8. The largest absolute Gasteiger partial charge is 0.461 e. The number of amides is 2. The molecule has 2 fully saturated rings. The first kappa shape index (κ1) is 23.4. The third kappa shape index (κ3) is 3.59. The van der Waals surface area contributed by atoms with Crippen molar-refractivity contribution in [3.63, 3.8) is 0 Å². The average Bonchev–Trinajstić information content (AvgIpc) is 3.05. The number of rotatable bonds is 7. The Bertz CT molecular complexity index is 827. The van der Waals surface area contributed by atoms with Crippen LogP contribution >= 0.6 is 11.8 Å². The molecule has 1 spiro atoms. The number of carbonyl (C=O) groups is 3. The number of fused-ring (bicyclic) bond motifs is 2. The summed E-state index contributed by atoms with van der Waals surface area (Å²) in [4.78, 5) is 44.3. The highest BCUT2D eigenvalue weighted by Gasteiger charge is 2.71. The summed E-state index contributed by atoms with van der Waals surface area (Å²) in [7, 11) is 0. The number of ether oxygens (including phenoxy) is 1. The lowest BCUT2D eigenvalue weighted by atomic mass is 9.78. The number of cyclic esters (lactones) is 1. The molecule has 0 bridgehead atoms. The van der Waals surface area contributed by atoms with E-state index in [0.29, 0.717) is 13.1 Å². The van der Waals surface area contributed by atoms with Gasteiger partial charge in [0.15, 0.2) is 0 Å². The van der Waals surface area contributed by atoms with Crippen LogP contribution in [0.3, 0.4) is 0 Å². The fourth-order valence-corrected chi connectivity index (χ4v) is 7.67. The van der Waals surface area contributed by atoms with Crippen molar-refractivity contribution in [2.45, 2.75) is 62.1 Å². The van der Waals surface area contributed by atoms with Gasteiger partial charge in [-0.25, -0.2) is 0 Å². The predicted octanol–water partition coefficient (Wildman–Crippen LogP) is 2.00. The molecule has 8 heteroatoms. The Kier molecular flexibility index (Phi) is 6.73. The van der Waals surface area contributed by atoms with Crippen LogP contribution in [-0.4, -0.2) is 81.1 Å². The third-order valence-electron chi connectivity index (χ3n) is 7.28. The van der Waals surface area contributed by atoms with Gasteiger partial charge in [-0.3, -0.25) is 14.4 Å². The van der Waals surface area contributed by atoms with E-state index in [1.807, 2.05) is 43.1 Å². The quantitative estimate of drug-likeness (QED) is 0.354. The van der Waals surface area contributed by atoms with E-state index in [4.69, 9.17) is 4.74 Å². The number of thioether (sulfide) groups is 1. The van der Waals surface area contributed by atoms with Crippen LogP contribution in [0.4, 0.5) is 0 Å². The van der Waals surface area contributed by atoms with Gasteiger partial charge in [-0.1, -0.05) is 57.9 Å². The van der Waals surface area contributed by atoms with Gasteiger partial charge in [-0.15, -0.1) is 11.8 Å². The lowest BCUT2D eigenvalue weighted by Crippen LogP contribution is -2.57. The molecule has 32 heavy (non-hydrogen) atoms. The molecule has 4 aliphatic rings. The van der Waals surface area contributed by atoms with E-state index >= 15 is 0 Å². The molecule has 2 saturated heterocycles. The second-order valence-corrected chi connectivity index (χ2v) is 11.0. The van der Waals surface area contributed by atoms with E-state index in [0.717, 1.165) is 19.3 Å². The zero-order valence-electron chi connectivity index (χ0n) is 19.1. The summed E-state index contributed by atoms with van der Waals surface area (Å²) >= 11 is 1.54. The van der Waals surface area contributed by atoms with Gasteiger partial charge in [-0.05, 0) is 12.3 Å². The highest BCUT2D eigenvalue weighted by Crippen LogP contribution is 2.61. The predicted molar refractivity (Wildman–Crippen MR) is 123 cm³/mol. The van der Waals surface area contributed by atoms with Crippen molar-refractivity contribution in [3.8, 4) is 0 Å². The molecule has 4 rings (SSSR count). The Hall–Kier alpha value is -1.80. The third-order valence-corrected chi connectivity index (χ3v) is 9.02. The summed E-state index contributed by atoms with van der Waals surface area (Å²) in [6.07, 6.45) is 10.8. The minimum atomic E-state index is -0.841. The highest BCUT2D eigenvalue weighted by molar-refractivity contribution is 8.02. The van der Waals surface area contributed by atoms with Crippen molar-refractivity contribution in [2.75, 3.05) is 26.3 Å².